The molecule has 4 nitrogen and oxygen atoms in total. The number of hydrogen-bond acceptors (Lipinski definition) is 4. The Kier molecular flexibility index (Phi) is 7.45. The van der Waals surface area contributed by atoms with Crippen LogP contribution in [0.1, 0.15) is 25.3 Å². The normalized spacial score (nSPS) is 11.0. The molecule has 19 heavy (non-hydrogen) atoms. The van der Waals surface area contributed by atoms with E-state index in [4.69, 9.17) is 0 Å². The van der Waals surface area contributed by atoms with Crippen LogP contribution in [-0.2, 0) is 6.54 Å². The molecule has 0 fully saturated rings. The fourth-order valence-electron chi connectivity index (χ4n) is 2.04. The first-order valence-corrected chi connectivity index (χ1v) is 7.15. The summed E-state index contributed by atoms with van der Waals surface area (Å²) in [5, 5.41) is 3.45. The van der Waals surface area contributed by atoms with Gasteiger partial charge in [-0.3, -0.25) is 0 Å². The number of nitrogens with zero attached hydrogens (tertiary/aromatic N) is 3. The van der Waals surface area contributed by atoms with Crippen molar-refractivity contribution in [3.8, 4) is 0 Å². The van der Waals surface area contributed by atoms with E-state index in [-0.39, 0.29) is 0 Å². The largest absolute Gasteiger partial charge is 0.359 e. The lowest BCUT2D eigenvalue weighted by molar-refractivity contribution is 0.401. The standard InChI is InChI=1S/C15H28N4/c1-5-9-16-13-14-8-6-10-17-15(14)19(4)12-7-11-18(2)3/h6,8,10,16H,5,7,9,11-13H2,1-4H3. The number of anilines is 1. The van der Waals surface area contributed by atoms with Crippen molar-refractivity contribution in [1.82, 2.24) is 15.2 Å². The summed E-state index contributed by atoms with van der Waals surface area (Å²) in [7, 11) is 6.35. The molecular formula is C15H28N4. The summed E-state index contributed by atoms with van der Waals surface area (Å²) in [5.74, 6) is 1.10. The molecule has 1 rings (SSSR count). The van der Waals surface area contributed by atoms with Crippen LogP contribution in [0.4, 0.5) is 5.82 Å². The lowest BCUT2D eigenvalue weighted by atomic mass is 10.2. The highest BCUT2D eigenvalue weighted by Gasteiger charge is 2.08. The van der Waals surface area contributed by atoms with E-state index in [1.54, 1.807) is 0 Å². The summed E-state index contributed by atoms with van der Waals surface area (Å²) in [6.07, 6.45) is 4.19. The summed E-state index contributed by atoms with van der Waals surface area (Å²) < 4.78 is 0. The van der Waals surface area contributed by atoms with Gasteiger partial charge in [-0.1, -0.05) is 13.0 Å². The van der Waals surface area contributed by atoms with Gasteiger partial charge in [0.2, 0.25) is 0 Å². The number of rotatable bonds is 9. The van der Waals surface area contributed by atoms with Crippen molar-refractivity contribution in [3.63, 3.8) is 0 Å². The van der Waals surface area contributed by atoms with Gasteiger partial charge in [-0.25, -0.2) is 4.98 Å². The molecule has 0 aromatic carbocycles. The quantitative estimate of drug-likeness (QED) is 0.691. The van der Waals surface area contributed by atoms with E-state index < -0.39 is 0 Å². The first-order valence-electron chi connectivity index (χ1n) is 7.15. The smallest absolute Gasteiger partial charge is 0.132 e. The number of aromatic nitrogens is 1. The molecule has 1 aromatic rings. The Labute approximate surface area is 117 Å². The van der Waals surface area contributed by atoms with E-state index in [9.17, 15) is 0 Å². The Bertz CT molecular complexity index is 352. The Balaban J connectivity index is 2.54. The lowest BCUT2D eigenvalue weighted by Gasteiger charge is -2.22. The van der Waals surface area contributed by atoms with Crippen molar-refractivity contribution in [1.29, 1.82) is 0 Å². The summed E-state index contributed by atoms with van der Waals surface area (Å²) >= 11 is 0. The van der Waals surface area contributed by atoms with Crippen LogP contribution in [0.5, 0.6) is 0 Å². The van der Waals surface area contributed by atoms with Crippen LogP contribution in [0, 0.1) is 0 Å². The van der Waals surface area contributed by atoms with Crippen molar-refractivity contribution in [2.45, 2.75) is 26.3 Å². The minimum absolute atomic E-state index is 0.898. The van der Waals surface area contributed by atoms with E-state index in [1.807, 2.05) is 12.3 Å². The van der Waals surface area contributed by atoms with Crippen molar-refractivity contribution in [3.05, 3.63) is 23.9 Å². The lowest BCUT2D eigenvalue weighted by Crippen LogP contribution is -2.26. The second-order valence-corrected chi connectivity index (χ2v) is 5.24. The predicted octanol–water partition coefficient (Wildman–Crippen LogP) is 1.97. The third kappa shape index (κ3) is 6.03. The molecule has 0 saturated heterocycles. The van der Waals surface area contributed by atoms with Crippen LogP contribution in [-0.4, -0.2) is 50.7 Å². The number of hydrogen-bond donors (Lipinski definition) is 1. The zero-order valence-corrected chi connectivity index (χ0v) is 12.8. The Morgan fingerprint density at radius 2 is 2.00 bits per heavy atom. The molecule has 0 aliphatic heterocycles. The molecule has 108 valence electrons. The average molecular weight is 264 g/mol. The van der Waals surface area contributed by atoms with Gasteiger partial charge in [0, 0.05) is 31.9 Å². The molecular weight excluding hydrogens is 236 g/mol. The van der Waals surface area contributed by atoms with Crippen LogP contribution in [0.25, 0.3) is 0 Å². The van der Waals surface area contributed by atoms with Gasteiger partial charge < -0.3 is 15.1 Å². The summed E-state index contributed by atoms with van der Waals surface area (Å²) in [4.78, 5) is 9.00. The van der Waals surface area contributed by atoms with Gasteiger partial charge in [-0.05, 0) is 46.1 Å². The molecule has 1 aromatic heterocycles. The SMILES string of the molecule is CCCNCc1cccnc1N(C)CCCN(C)C. The highest BCUT2D eigenvalue weighted by molar-refractivity contribution is 5.45. The van der Waals surface area contributed by atoms with Crippen LogP contribution in [0.2, 0.25) is 0 Å². The fraction of sp³-hybridized carbons (Fsp3) is 0.667. The summed E-state index contributed by atoms with van der Waals surface area (Å²) in [6.45, 7) is 6.29. The van der Waals surface area contributed by atoms with Crippen LogP contribution in [0.3, 0.4) is 0 Å². The van der Waals surface area contributed by atoms with Gasteiger partial charge in [-0.15, -0.1) is 0 Å². The Morgan fingerprint density at radius 3 is 2.68 bits per heavy atom. The zero-order valence-electron chi connectivity index (χ0n) is 12.8. The Hall–Kier alpha value is -1.13. The van der Waals surface area contributed by atoms with E-state index in [1.165, 1.54) is 5.56 Å². The monoisotopic (exact) mass is 264 g/mol. The molecule has 0 atom stereocenters. The third-order valence-electron chi connectivity index (χ3n) is 3.07. The zero-order chi connectivity index (χ0) is 14.1. The van der Waals surface area contributed by atoms with Crippen molar-refractivity contribution in [2.24, 2.45) is 0 Å². The first kappa shape index (κ1) is 15.9. The molecule has 1 heterocycles. The molecule has 0 unspecified atom stereocenters. The van der Waals surface area contributed by atoms with Gasteiger partial charge in [0.25, 0.3) is 0 Å². The highest BCUT2D eigenvalue weighted by atomic mass is 15.2. The minimum atomic E-state index is 0.898. The van der Waals surface area contributed by atoms with Gasteiger partial charge in [0.05, 0.1) is 0 Å². The molecule has 0 radical (unpaired) electrons. The first-order chi connectivity index (χ1) is 9.15. The predicted molar refractivity (Wildman–Crippen MR) is 82.7 cm³/mol. The second kappa shape index (κ2) is 8.88. The van der Waals surface area contributed by atoms with Gasteiger partial charge >= 0.3 is 0 Å². The molecule has 4 heteroatoms. The molecule has 0 spiro atoms. The molecule has 0 saturated carbocycles. The van der Waals surface area contributed by atoms with Crippen LogP contribution < -0.4 is 10.2 Å². The van der Waals surface area contributed by atoms with Crippen molar-refractivity contribution in [2.75, 3.05) is 45.7 Å². The third-order valence-corrected chi connectivity index (χ3v) is 3.07. The van der Waals surface area contributed by atoms with Crippen LogP contribution in [0.15, 0.2) is 18.3 Å². The van der Waals surface area contributed by atoms with Gasteiger partial charge in [0.1, 0.15) is 5.82 Å². The maximum absolute atomic E-state index is 4.53. The van der Waals surface area contributed by atoms with E-state index in [2.05, 4.69) is 54.2 Å². The van der Waals surface area contributed by atoms with Gasteiger partial charge in [-0.2, -0.15) is 0 Å². The second-order valence-electron chi connectivity index (χ2n) is 5.24. The topological polar surface area (TPSA) is 31.4 Å². The maximum Gasteiger partial charge on any atom is 0.132 e. The molecule has 1 N–H and O–H groups in total. The molecule has 0 amide bonds. The Morgan fingerprint density at radius 1 is 1.21 bits per heavy atom. The van der Waals surface area contributed by atoms with E-state index in [0.717, 1.165) is 44.8 Å². The minimum Gasteiger partial charge on any atom is -0.359 e. The van der Waals surface area contributed by atoms with Crippen molar-refractivity contribution >= 4 is 5.82 Å². The molecule has 0 aliphatic rings. The van der Waals surface area contributed by atoms with Crippen LogP contribution >= 0.6 is 0 Å². The summed E-state index contributed by atoms with van der Waals surface area (Å²) in [5.41, 5.74) is 1.28. The highest BCUT2D eigenvalue weighted by Crippen LogP contribution is 2.15. The number of pyridine rings is 1. The van der Waals surface area contributed by atoms with E-state index in [0.29, 0.717) is 0 Å². The van der Waals surface area contributed by atoms with Crippen molar-refractivity contribution < 1.29 is 0 Å². The summed E-state index contributed by atoms with van der Waals surface area (Å²) in [6, 6.07) is 4.17. The fourth-order valence-corrected chi connectivity index (χ4v) is 2.04. The maximum atomic E-state index is 4.53. The van der Waals surface area contributed by atoms with E-state index >= 15 is 0 Å². The van der Waals surface area contributed by atoms with Gasteiger partial charge in [0.15, 0.2) is 0 Å². The average Bonchev–Trinajstić information content (AvgIpc) is 2.39. The number of nitrogens with one attached hydrogen (secondary N) is 1. The molecule has 0 aliphatic carbocycles. The molecule has 0 bridgehead atoms.